The van der Waals surface area contributed by atoms with E-state index in [1.54, 1.807) is 6.07 Å². The second-order valence-corrected chi connectivity index (χ2v) is 3.56. The van der Waals surface area contributed by atoms with Crippen LogP contribution in [0, 0.1) is 11.9 Å². The molecule has 0 bridgehead atoms. The molecule has 1 saturated heterocycles. The van der Waals surface area contributed by atoms with E-state index in [0.29, 0.717) is 0 Å². The van der Waals surface area contributed by atoms with Crippen molar-refractivity contribution in [3.63, 3.8) is 0 Å². The molecule has 1 aromatic carbocycles. The van der Waals surface area contributed by atoms with E-state index in [4.69, 9.17) is 5.11 Å². The van der Waals surface area contributed by atoms with Crippen LogP contribution in [0.5, 0.6) is 0 Å². The van der Waals surface area contributed by atoms with Crippen LogP contribution in [-0.2, 0) is 0 Å². The van der Waals surface area contributed by atoms with Crippen molar-refractivity contribution in [3.05, 3.63) is 30.1 Å². The van der Waals surface area contributed by atoms with E-state index < -0.39 is 0 Å². The van der Waals surface area contributed by atoms with Gasteiger partial charge in [0.2, 0.25) is 0 Å². The highest BCUT2D eigenvalue weighted by molar-refractivity contribution is 5.47. The van der Waals surface area contributed by atoms with Gasteiger partial charge in [-0.25, -0.2) is 4.39 Å². The maximum Gasteiger partial charge on any atom is 0.133 e. The summed E-state index contributed by atoms with van der Waals surface area (Å²) in [4.78, 5) is 2.02. The molecule has 1 heterocycles. The van der Waals surface area contributed by atoms with Crippen molar-refractivity contribution in [3.8, 4) is 0 Å². The number of aliphatic hydroxyl groups is 1. The zero-order chi connectivity index (χ0) is 9.97. The van der Waals surface area contributed by atoms with Crippen molar-refractivity contribution < 1.29 is 9.50 Å². The third-order valence-electron chi connectivity index (χ3n) is 2.64. The van der Waals surface area contributed by atoms with Crippen LogP contribution in [0.2, 0.25) is 0 Å². The minimum Gasteiger partial charge on any atom is -0.394 e. The van der Waals surface area contributed by atoms with Crippen molar-refractivity contribution >= 4 is 5.69 Å². The van der Waals surface area contributed by atoms with Crippen molar-refractivity contribution in [2.75, 3.05) is 18.1 Å². The number of benzene rings is 1. The lowest BCUT2D eigenvalue weighted by Crippen LogP contribution is -2.32. The second kappa shape index (κ2) is 3.96. The molecule has 3 heteroatoms. The number of nitrogens with zero attached hydrogens (tertiary/aromatic N) is 1. The fraction of sp³-hybridized carbons (Fsp3) is 0.455. The second-order valence-electron chi connectivity index (χ2n) is 3.56. The SMILES string of the molecule is OC[C@H]1CCCN1c1[c]c(F)ccc1. The summed E-state index contributed by atoms with van der Waals surface area (Å²) >= 11 is 0. The summed E-state index contributed by atoms with van der Waals surface area (Å²) in [5.74, 6) is -0.342. The largest absolute Gasteiger partial charge is 0.394 e. The van der Waals surface area contributed by atoms with Crippen LogP contribution in [0.15, 0.2) is 18.2 Å². The smallest absolute Gasteiger partial charge is 0.133 e. The molecule has 75 valence electrons. The Morgan fingerprint density at radius 2 is 2.43 bits per heavy atom. The van der Waals surface area contributed by atoms with E-state index in [-0.39, 0.29) is 18.5 Å². The minimum atomic E-state index is -0.342. The number of rotatable bonds is 2. The Kier molecular flexibility index (Phi) is 2.68. The van der Waals surface area contributed by atoms with Crippen molar-refractivity contribution in [1.82, 2.24) is 0 Å². The van der Waals surface area contributed by atoms with Crippen LogP contribution in [0.3, 0.4) is 0 Å². The number of anilines is 1. The van der Waals surface area contributed by atoms with Gasteiger partial charge in [-0.1, -0.05) is 6.07 Å². The molecule has 1 aliphatic heterocycles. The molecule has 14 heavy (non-hydrogen) atoms. The first-order valence-corrected chi connectivity index (χ1v) is 4.86. The molecule has 2 nitrogen and oxygen atoms in total. The van der Waals surface area contributed by atoms with Gasteiger partial charge >= 0.3 is 0 Å². The molecule has 1 aromatic rings. The van der Waals surface area contributed by atoms with E-state index in [1.165, 1.54) is 6.07 Å². The van der Waals surface area contributed by atoms with Gasteiger partial charge in [0.15, 0.2) is 0 Å². The van der Waals surface area contributed by atoms with Gasteiger partial charge in [-0.05, 0) is 25.0 Å². The first kappa shape index (κ1) is 9.46. The maximum atomic E-state index is 12.9. The molecule has 0 unspecified atom stereocenters. The highest BCUT2D eigenvalue weighted by Crippen LogP contribution is 2.24. The zero-order valence-corrected chi connectivity index (χ0v) is 7.91. The van der Waals surface area contributed by atoms with Gasteiger partial charge in [-0.2, -0.15) is 0 Å². The van der Waals surface area contributed by atoms with Gasteiger partial charge in [0, 0.05) is 18.3 Å². The van der Waals surface area contributed by atoms with Crippen LogP contribution in [0.25, 0.3) is 0 Å². The lowest BCUT2D eigenvalue weighted by molar-refractivity contribution is 0.266. The standard InChI is InChI=1S/C11H13FNO/c12-9-3-1-4-10(7-9)13-6-2-5-11(13)8-14/h1,3-4,11,14H,2,5-6,8H2/t11-/m1/s1. The normalized spacial score (nSPS) is 21.6. The van der Waals surface area contributed by atoms with Crippen molar-refractivity contribution in [2.45, 2.75) is 18.9 Å². The van der Waals surface area contributed by atoms with Gasteiger partial charge in [0.05, 0.1) is 12.6 Å². The van der Waals surface area contributed by atoms with Crippen LogP contribution in [0.1, 0.15) is 12.8 Å². The molecular weight excluding hydrogens is 181 g/mol. The lowest BCUT2D eigenvalue weighted by Gasteiger charge is -2.24. The highest BCUT2D eigenvalue weighted by atomic mass is 19.1. The number of hydrogen-bond acceptors (Lipinski definition) is 2. The van der Waals surface area contributed by atoms with Crippen LogP contribution in [0.4, 0.5) is 10.1 Å². The topological polar surface area (TPSA) is 23.5 Å². The first-order valence-electron chi connectivity index (χ1n) is 4.86. The highest BCUT2D eigenvalue weighted by Gasteiger charge is 2.23. The van der Waals surface area contributed by atoms with Crippen molar-refractivity contribution in [2.24, 2.45) is 0 Å². The predicted molar refractivity (Wildman–Crippen MR) is 52.7 cm³/mol. The Morgan fingerprint density at radius 3 is 3.14 bits per heavy atom. The Bertz CT molecular complexity index is 316. The van der Waals surface area contributed by atoms with Crippen molar-refractivity contribution in [1.29, 1.82) is 0 Å². The Balaban J connectivity index is 2.21. The maximum absolute atomic E-state index is 12.9. The van der Waals surface area contributed by atoms with E-state index in [1.807, 2.05) is 11.0 Å². The fourth-order valence-electron chi connectivity index (χ4n) is 1.94. The monoisotopic (exact) mass is 194 g/mol. The summed E-state index contributed by atoms with van der Waals surface area (Å²) in [6.45, 7) is 1.01. The fourth-order valence-corrected chi connectivity index (χ4v) is 1.94. The molecule has 1 N–H and O–H groups in total. The Morgan fingerprint density at radius 1 is 1.57 bits per heavy atom. The molecule has 0 aliphatic carbocycles. The van der Waals surface area contributed by atoms with E-state index >= 15 is 0 Å². The summed E-state index contributed by atoms with van der Waals surface area (Å²) in [6, 6.07) is 7.68. The van der Waals surface area contributed by atoms with Crippen LogP contribution in [-0.4, -0.2) is 24.3 Å². The molecule has 0 spiro atoms. The van der Waals surface area contributed by atoms with Crippen LogP contribution >= 0.6 is 0 Å². The molecule has 1 atom stereocenters. The summed E-state index contributed by atoms with van der Waals surface area (Å²) in [5.41, 5.74) is 0.751. The summed E-state index contributed by atoms with van der Waals surface area (Å²) in [5, 5.41) is 9.12. The summed E-state index contributed by atoms with van der Waals surface area (Å²) in [6.07, 6.45) is 2.02. The lowest BCUT2D eigenvalue weighted by atomic mass is 10.2. The molecule has 0 aromatic heterocycles. The number of halogens is 1. The predicted octanol–water partition coefficient (Wildman–Crippen LogP) is 1.59. The van der Waals surface area contributed by atoms with E-state index in [9.17, 15) is 4.39 Å². The third kappa shape index (κ3) is 1.73. The summed E-state index contributed by atoms with van der Waals surface area (Å²) in [7, 11) is 0. The van der Waals surface area contributed by atoms with Gasteiger partial charge < -0.3 is 10.0 Å². The average molecular weight is 194 g/mol. The third-order valence-corrected chi connectivity index (χ3v) is 2.64. The Hall–Kier alpha value is -1.09. The molecule has 1 radical (unpaired) electrons. The van der Waals surface area contributed by atoms with E-state index in [0.717, 1.165) is 25.1 Å². The minimum absolute atomic E-state index is 0.129. The van der Waals surface area contributed by atoms with Crippen LogP contribution < -0.4 is 4.90 Å². The quantitative estimate of drug-likeness (QED) is 0.772. The Labute approximate surface area is 83.0 Å². The molecule has 2 rings (SSSR count). The van der Waals surface area contributed by atoms with Gasteiger partial charge in [-0.3, -0.25) is 0 Å². The zero-order valence-electron chi connectivity index (χ0n) is 7.91. The van der Waals surface area contributed by atoms with Gasteiger partial charge in [0.25, 0.3) is 0 Å². The molecule has 1 fully saturated rings. The molecule has 0 saturated carbocycles. The summed E-state index contributed by atoms with van der Waals surface area (Å²) < 4.78 is 12.9. The van der Waals surface area contributed by atoms with Gasteiger partial charge in [0.1, 0.15) is 5.82 Å². The molecule has 1 aliphatic rings. The van der Waals surface area contributed by atoms with Gasteiger partial charge in [-0.15, -0.1) is 0 Å². The number of aliphatic hydroxyl groups excluding tert-OH is 1. The molecular formula is C11H13FNO. The average Bonchev–Trinajstić information content (AvgIpc) is 2.65. The van der Waals surface area contributed by atoms with E-state index in [2.05, 4.69) is 6.07 Å². The number of hydrogen-bond donors (Lipinski definition) is 1. The first-order chi connectivity index (χ1) is 6.81. The molecule has 0 amide bonds.